The van der Waals surface area contributed by atoms with Crippen molar-refractivity contribution in [3.63, 3.8) is 0 Å². The second-order valence-electron chi connectivity index (χ2n) is 4.22. The molecular formula is C13H17N3S. The van der Waals surface area contributed by atoms with Crippen molar-refractivity contribution in [3.05, 3.63) is 46.4 Å². The van der Waals surface area contributed by atoms with Gasteiger partial charge in [-0.05, 0) is 25.7 Å². The van der Waals surface area contributed by atoms with Crippen molar-refractivity contribution in [3.8, 4) is 0 Å². The monoisotopic (exact) mass is 247 g/mol. The summed E-state index contributed by atoms with van der Waals surface area (Å²) in [4.78, 5) is 7.50. The first-order valence-corrected chi connectivity index (χ1v) is 6.47. The molecule has 0 aliphatic heterocycles. The third kappa shape index (κ3) is 3.54. The molecule has 1 aromatic heterocycles. The molecule has 0 aliphatic carbocycles. The summed E-state index contributed by atoms with van der Waals surface area (Å²) in [6.07, 6.45) is 1.91. The summed E-state index contributed by atoms with van der Waals surface area (Å²) in [5.41, 5.74) is 4.39. The second-order valence-corrected chi connectivity index (χ2v) is 5.19. The molecule has 0 unspecified atom stereocenters. The zero-order valence-corrected chi connectivity index (χ0v) is 11.0. The van der Waals surface area contributed by atoms with Crippen molar-refractivity contribution in [1.82, 2.24) is 9.88 Å². The second kappa shape index (κ2) is 5.80. The molecule has 0 saturated heterocycles. The van der Waals surface area contributed by atoms with E-state index in [1.807, 2.05) is 11.7 Å². The number of hydrogen-bond donors (Lipinski definition) is 1. The quantitative estimate of drug-likeness (QED) is 0.880. The van der Waals surface area contributed by atoms with Gasteiger partial charge in [0.25, 0.3) is 0 Å². The topological polar surface area (TPSA) is 28.2 Å². The largest absolute Gasteiger partial charge is 0.380 e. The van der Waals surface area contributed by atoms with Gasteiger partial charge in [-0.25, -0.2) is 0 Å². The summed E-state index contributed by atoms with van der Waals surface area (Å²) >= 11 is 1.68. The number of nitrogens with zero attached hydrogens (tertiary/aromatic N) is 2. The molecule has 0 atom stereocenters. The van der Waals surface area contributed by atoms with Crippen molar-refractivity contribution in [2.45, 2.75) is 13.1 Å². The van der Waals surface area contributed by atoms with Crippen LogP contribution in [0.4, 0.5) is 5.69 Å². The molecule has 0 radical (unpaired) electrons. The van der Waals surface area contributed by atoms with Crippen LogP contribution < -0.4 is 5.32 Å². The van der Waals surface area contributed by atoms with Crippen molar-refractivity contribution in [1.29, 1.82) is 0 Å². The van der Waals surface area contributed by atoms with Gasteiger partial charge in [0.15, 0.2) is 0 Å². The third-order valence-electron chi connectivity index (χ3n) is 2.44. The Labute approximate surface area is 106 Å². The highest BCUT2D eigenvalue weighted by molar-refractivity contribution is 7.09. The van der Waals surface area contributed by atoms with Gasteiger partial charge in [-0.3, -0.25) is 4.98 Å². The molecule has 0 aliphatic rings. The first kappa shape index (κ1) is 12.1. The van der Waals surface area contributed by atoms with E-state index in [2.05, 4.69) is 53.6 Å². The van der Waals surface area contributed by atoms with Gasteiger partial charge in [0.2, 0.25) is 0 Å². The summed E-state index contributed by atoms with van der Waals surface area (Å²) in [6.45, 7) is 1.79. The first-order chi connectivity index (χ1) is 8.25. The van der Waals surface area contributed by atoms with Crippen LogP contribution in [0.15, 0.2) is 36.0 Å². The summed E-state index contributed by atoms with van der Waals surface area (Å²) in [7, 11) is 4.17. The Bertz CT molecular complexity index is 451. The Balaban J connectivity index is 2.04. The van der Waals surface area contributed by atoms with Gasteiger partial charge in [0.1, 0.15) is 0 Å². The van der Waals surface area contributed by atoms with E-state index in [1.165, 1.54) is 16.1 Å². The van der Waals surface area contributed by atoms with E-state index in [0.717, 1.165) is 13.1 Å². The predicted molar refractivity (Wildman–Crippen MR) is 73.3 cm³/mol. The van der Waals surface area contributed by atoms with Gasteiger partial charge < -0.3 is 10.2 Å². The summed E-state index contributed by atoms with van der Waals surface area (Å²) in [5.74, 6) is 0. The standard InChI is InChI=1S/C13H17N3S/c1-16(2)9-11-5-3-4-6-13(11)15-8-12-7-14-10-17-12/h3-7,10,15H,8-9H2,1-2H3. The lowest BCUT2D eigenvalue weighted by Crippen LogP contribution is -2.12. The molecule has 0 spiro atoms. The van der Waals surface area contributed by atoms with Crippen LogP contribution in [0.25, 0.3) is 0 Å². The summed E-state index contributed by atoms with van der Waals surface area (Å²) in [6, 6.07) is 8.43. The highest BCUT2D eigenvalue weighted by Crippen LogP contribution is 2.18. The number of rotatable bonds is 5. The van der Waals surface area contributed by atoms with Crippen LogP contribution in [0.1, 0.15) is 10.4 Å². The molecule has 2 aromatic rings. The summed E-state index contributed by atoms with van der Waals surface area (Å²) < 4.78 is 0. The highest BCUT2D eigenvalue weighted by atomic mass is 32.1. The number of aromatic nitrogens is 1. The van der Waals surface area contributed by atoms with Gasteiger partial charge in [0, 0.05) is 23.3 Å². The zero-order valence-electron chi connectivity index (χ0n) is 10.2. The maximum absolute atomic E-state index is 4.08. The minimum absolute atomic E-state index is 0.842. The third-order valence-corrected chi connectivity index (χ3v) is 3.22. The minimum atomic E-state index is 0.842. The van der Waals surface area contributed by atoms with Gasteiger partial charge in [-0.1, -0.05) is 18.2 Å². The molecule has 4 heteroatoms. The number of thiazole rings is 1. The lowest BCUT2D eigenvalue weighted by atomic mass is 10.1. The van der Waals surface area contributed by atoms with E-state index in [4.69, 9.17) is 0 Å². The summed E-state index contributed by atoms with van der Waals surface area (Å²) in [5, 5.41) is 3.46. The molecule has 0 amide bonds. The van der Waals surface area contributed by atoms with Crippen LogP contribution in [0.3, 0.4) is 0 Å². The molecule has 1 N–H and O–H groups in total. The van der Waals surface area contributed by atoms with E-state index in [1.54, 1.807) is 11.3 Å². The normalized spacial score (nSPS) is 10.8. The fourth-order valence-corrected chi connectivity index (χ4v) is 2.22. The van der Waals surface area contributed by atoms with Crippen LogP contribution in [0.2, 0.25) is 0 Å². The molecule has 3 nitrogen and oxygen atoms in total. The molecule has 0 bridgehead atoms. The fourth-order valence-electron chi connectivity index (χ4n) is 1.68. The van der Waals surface area contributed by atoms with Crippen molar-refractivity contribution in [2.75, 3.05) is 19.4 Å². The van der Waals surface area contributed by atoms with Crippen molar-refractivity contribution in [2.24, 2.45) is 0 Å². The Morgan fingerprint density at radius 1 is 1.29 bits per heavy atom. The number of benzene rings is 1. The smallest absolute Gasteiger partial charge is 0.0794 e. The van der Waals surface area contributed by atoms with Gasteiger partial charge in [-0.15, -0.1) is 11.3 Å². The average molecular weight is 247 g/mol. The van der Waals surface area contributed by atoms with E-state index < -0.39 is 0 Å². The Hall–Kier alpha value is -1.39. The Morgan fingerprint density at radius 3 is 2.82 bits per heavy atom. The molecule has 17 heavy (non-hydrogen) atoms. The van der Waals surface area contributed by atoms with Crippen LogP contribution in [0, 0.1) is 0 Å². The maximum Gasteiger partial charge on any atom is 0.0794 e. The first-order valence-electron chi connectivity index (χ1n) is 5.59. The van der Waals surface area contributed by atoms with Crippen LogP contribution in [-0.4, -0.2) is 24.0 Å². The molecule has 0 saturated carbocycles. The predicted octanol–water partition coefficient (Wildman–Crippen LogP) is 2.82. The van der Waals surface area contributed by atoms with Gasteiger partial charge >= 0.3 is 0 Å². The SMILES string of the molecule is CN(C)Cc1ccccc1NCc1cncs1. The minimum Gasteiger partial charge on any atom is -0.380 e. The van der Waals surface area contributed by atoms with Gasteiger partial charge in [-0.2, -0.15) is 0 Å². The Kier molecular flexibility index (Phi) is 4.12. The number of hydrogen-bond acceptors (Lipinski definition) is 4. The number of para-hydroxylation sites is 1. The van der Waals surface area contributed by atoms with E-state index in [9.17, 15) is 0 Å². The van der Waals surface area contributed by atoms with Crippen LogP contribution >= 0.6 is 11.3 Å². The van der Waals surface area contributed by atoms with E-state index >= 15 is 0 Å². The van der Waals surface area contributed by atoms with Crippen LogP contribution in [0.5, 0.6) is 0 Å². The maximum atomic E-state index is 4.08. The molecule has 1 heterocycles. The molecule has 90 valence electrons. The highest BCUT2D eigenvalue weighted by Gasteiger charge is 2.03. The molecular weight excluding hydrogens is 230 g/mol. The number of nitrogens with one attached hydrogen (secondary N) is 1. The molecule has 2 rings (SSSR count). The molecule has 0 fully saturated rings. The fraction of sp³-hybridized carbons (Fsp3) is 0.308. The van der Waals surface area contributed by atoms with Crippen molar-refractivity contribution >= 4 is 17.0 Å². The van der Waals surface area contributed by atoms with E-state index in [0.29, 0.717) is 0 Å². The lowest BCUT2D eigenvalue weighted by Gasteiger charge is -2.15. The lowest BCUT2D eigenvalue weighted by molar-refractivity contribution is 0.403. The zero-order chi connectivity index (χ0) is 12.1. The van der Waals surface area contributed by atoms with E-state index in [-0.39, 0.29) is 0 Å². The molecule has 1 aromatic carbocycles. The average Bonchev–Trinajstić information content (AvgIpc) is 2.80. The van der Waals surface area contributed by atoms with Gasteiger partial charge in [0.05, 0.1) is 12.1 Å². The van der Waals surface area contributed by atoms with Crippen molar-refractivity contribution < 1.29 is 0 Å². The Morgan fingerprint density at radius 2 is 2.12 bits per heavy atom. The number of anilines is 1. The van der Waals surface area contributed by atoms with Crippen LogP contribution in [-0.2, 0) is 13.1 Å².